The molecule has 0 amide bonds. The van der Waals surface area contributed by atoms with Crippen LogP contribution < -0.4 is 17.1 Å². The number of hydrogen-bond donors (Lipinski definition) is 2. The number of nitrogens with one attached hydrogen (secondary N) is 2. The van der Waals surface area contributed by atoms with E-state index in [-0.39, 0.29) is 0 Å². The molecule has 8 nitrogen and oxygen atoms in total. The predicted octanol–water partition coefficient (Wildman–Crippen LogP) is -2.48. The van der Waals surface area contributed by atoms with Crippen LogP contribution in [0.4, 0.5) is 0 Å². The van der Waals surface area contributed by atoms with E-state index in [4.69, 9.17) is 0 Å². The third kappa shape index (κ3) is 1.88. The van der Waals surface area contributed by atoms with Crippen LogP contribution in [0.3, 0.4) is 0 Å². The summed E-state index contributed by atoms with van der Waals surface area (Å²) in [4.78, 5) is 48.5. The van der Waals surface area contributed by atoms with Crippen LogP contribution in [0.2, 0.25) is 0 Å². The van der Waals surface area contributed by atoms with Gasteiger partial charge in [-0.05, 0) is 0 Å². The minimum atomic E-state index is -0.923. The molecule has 1 rings (SSSR count). The molecular formula is C5H4N4O4. The zero-order valence-electron chi connectivity index (χ0n) is 6.23. The lowest BCUT2D eigenvalue weighted by atomic mass is 10.9. The molecule has 0 bridgehead atoms. The molecule has 0 aliphatic carbocycles. The molecule has 0 unspecified atom stereocenters. The second-order valence-electron chi connectivity index (χ2n) is 2.01. The lowest BCUT2D eigenvalue weighted by molar-refractivity contribution is 0.552. The maximum absolute atomic E-state index is 10.9. The minimum Gasteiger partial charge on any atom is -0.259 e. The van der Waals surface area contributed by atoms with Crippen LogP contribution in [0.1, 0.15) is 0 Å². The second kappa shape index (κ2) is 3.46. The first-order chi connectivity index (χ1) is 6.15. The van der Waals surface area contributed by atoms with Gasteiger partial charge in [0.05, 0.1) is 0 Å². The van der Waals surface area contributed by atoms with Crippen molar-refractivity contribution in [3.8, 4) is 0 Å². The smallest absolute Gasteiger partial charge is 0.259 e. The molecule has 0 saturated heterocycles. The average Bonchev–Trinajstić information content (AvgIpc) is 2.02. The molecule has 1 heterocycles. The summed E-state index contributed by atoms with van der Waals surface area (Å²) in [5.74, 6) is 0. The van der Waals surface area contributed by atoms with Crippen LogP contribution in [-0.4, -0.2) is 20.6 Å². The Bertz CT molecular complexity index is 480. The van der Waals surface area contributed by atoms with E-state index in [1.54, 1.807) is 9.97 Å². The Labute approximate surface area is 69.6 Å². The van der Waals surface area contributed by atoms with Gasteiger partial charge in [0.2, 0.25) is 6.08 Å². The van der Waals surface area contributed by atoms with Crippen molar-refractivity contribution in [2.24, 2.45) is 4.99 Å². The Morgan fingerprint density at radius 1 is 1.23 bits per heavy atom. The van der Waals surface area contributed by atoms with Crippen molar-refractivity contribution in [1.29, 1.82) is 0 Å². The number of hydrogen-bond acceptors (Lipinski definition) is 5. The molecule has 8 heteroatoms. The third-order valence-corrected chi connectivity index (χ3v) is 1.21. The number of isocyanates is 1. The molecule has 13 heavy (non-hydrogen) atoms. The van der Waals surface area contributed by atoms with E-state index in [0.29, 0.717) is 4.57 Å². The van der Waals surface area contributed by atoms with Crippen molar-refractivity contribution in [2.75, 3.05) is 0 Å². The summed E-state index contributed by atoms with van der Waals surface area (Å²) >= 11 is 0. The highest BCUT2D eigenvalue weighted by atomic mass is 16.2. The van der Waals surface area contributed by atoms with Crippen molar-refractivity contribution >= 4 is 6.08 Å². The Balaban J connectivity index is 3.38. The lowest BCUT2D eigenvalue weighted by Crippen LogP contribution is -2.42. The highest BCUT2D eigenvalue weighted by Crippen LogP contribution is 1.66. The molecule has 68 valence electrons. The predicted molar refractivity (Wildman–Crippen MR) is 40.1 cm³/mol. The summed E-state index contributed by atoms with van der Waals surface area (Å²) in [6.07, 6.45) is 1.16. The summed E-state index contributed by atoms with van der Waals surface area (Å²) in [6.45, 7) is -0.464. The van der Waals surface area contributed by atoms with E-state index < -0.39 is 23.7 Å². The number of aliphatic imine (C=N–C) groups is 1. The number of aromatic nitrogens is 3. The quantitative estimate of drug-likeness (QED) is 0.390. The number of rotatable bonds is 2. The molecule has 0 aliphatic heterocycles. The number of aromatic amines is 2. The molecule has 0 fully saturated rings. The summed E-state index contributed by atoms with van der Waals surface area (Å²) in [5, 5.41) is 0. The average molecular weight is 184 g/mol. The molecule has 0 aliphatic rings. The van der Waals surface area contributed by atoms with E-state index in [2.05, 4.69) is 4.99 Å². The monoisotopic (exact) mass is 184 g/mol. The molecule has 2 N–H and O–H groups in total. The maximum atomic E-state index is 10.9. The Kier molecular flexibility index (Phi) is 2.36. The zero-order chi connectivity index (χ0) is 9.84. The van der Waals surface area contributed by atoms with Gasteiger partial charge < -0.3 is 0 Å². The standard InChI is InChI=1S/C5H4N4O4/c10-2-6-1-9-4(12)7-3(11)8-5(9)13/h1H2,(H2,7,8,11,12,13). The fourth-order valence-corrected chi connectivity index (χ4v) is 0.681. The Hall–Kier alpha value is -2.21. The molecule has 1 aromatic rings. The van der Waals surface area contributed by atoms with Crippen LogP contribution in [-0.2, 0) is 11.5 Å². The summed E-state index contributed by atoms with van der Waals surface area (Å²) in [6, 6.07) is 0. The van der Waals surface area contributed by atoms with Gasteiger partial charge in [0, 0.05) is 0 Å². The summed E-state index contributed by atoms with van der Waals surface area (Å²) < 4.78 is 0.548. The molecular weight excluding hydrogens is 180 g/mol. The highest BCUT2D eigenvalue weighted by molar-refractivity contribution is 5.32. The third-order valence-electron chi connectivity index (χ3n) is 1.21. The molecule has 0 atom stereocenters. The maximum Gasteiger partial charge on any atom is 0.335 e. The van der Waals surface area contributed by atoms with Crippen molar-refractivity contribution < 1.29 is 4.79 Å². The summed E-state index contributed by atoms with van der Waals surface area (Å²) in [7, 11) is 0. The van der Waals surface area contributed by atoms with Gasteiger partial charge in [-0.2, -0.15) is 4.99 Å². The molecule has 0 saturated carbocycles. The lowest BCUT2D eigenvalue weighted by Gasteiger charge is -1.94. The SMILES string of the molecule is O=C=NCn1c(=O)[nH]c(=O)[nH]c1=O. The fraction of sp³-hybridized carbons (Fsp3) is 0.200. The fourth-order valence-electron chi connectivity index (χ4n) is 0.681. The van der Waals surface area contributed by atoms with E-state index in [9.17, 15) is 19.2 Å². The van der Waals surface area contributed by atoms with E-state index in [1.807, 2.05) is 0 Å². The van der Waals surface area contributed by atoms with Crippen LogP contribution in [0.25, 0.3) is 0 Å². The van der Waals surface area contributed by atoms with Gasteiger partial charge in [0.15, 0.2) is 0 Å². The first kappa shape index (κ1) is 8.88. The number of H-pyrrole nitrogens is 2. The molecule has 0 radical (unpaired) electrons. The van der Waals surface area contributed by atoms with Crippen molar-refractivity contribution in [2.45, 2.75) is 6.67 Å². The Morgan fingerprint density at radius 3 is 2.23 bits per heavy atom. The van der Waals surface area contributed by atoms with Gasteiger partial charge in [-0.15, -0.1) is 0 Å². The van der Waals surface area contributed by atoms with Crippen LogP contribution in [0.15, 0.2) is 19.4 Å². The topological polar surface area (TPSA) is 117 Å². The van der Waals surface area contributed by atoms with Crippen molar-refractivity contribution in [1.82, 2.24) is 14.5 Å². The van der Waals surface area contributed by atoms with Gasteiger partial charge in [-0.1, -0.05) is 0 Å². The van der Waals surface area contributed by atoms with Crippen molar-refractivity contribution in [3.05, 3.63) is 31.5 Å². The number of nitrogens with zero attached hydrogens (tertiary/aromatic N) is 2. The molecule has 0 spiro atoms. The first-order valence-electron chi connectivity index (χ1n) is 3.12. The zero-order valence-corrected chi connectivity index (χ0v) is 6.23. The van der Waals surface area contributed by atoms with E-state index in [1.165, 1.54) is 0 Å². The van der Waals surface area contributed by atoms with Gasteiger partial charge in [-0.25, -0.2) is 23.7 Å². The van der Waals surface area contributed by atoms with Crippen LogP contribution in [0.5, 0.6) is 0 Å². The van der Waals surface area contributed by atoms with Gasteiger partial charge in [0.25, 0.3) is 0 Å². The minimum absolute atomic E-state index is 0.464. The van der Waals surface area contributed by atoms with E-state index >= 15 is 0 Å². The highest BCUT2D eigenvalue weighted by Gasteiger charge is 1.99. The van der Waals surface area contributed by atoms with Gasteiger partial charge >= 0.3 is 17.1 Å². The molecule has 0 aromatic carbocycles. The van der Waals surface area contributed by atoms with Crippen LogP contribution in [0, 0.1) is 0 Å². The second-order valence-corrected chi connectivity index (χ2v) is 2.01. The van der Waals surface area contributed by atoms with Crippen LogP contribution >= 0.6 is 0 Å². The largest absolute Gasteiger partial charge is 0.335 e. The summed E-state index contributed by atoms with van der Waals surface area (Å²) in [5.41, 5.74) is -2.75. The van der Waals surface area contributed by atoms with E-state index in [0.717, 1.165) is 6.08 Å². The first-order valence-corrected chi connectivity index (χ1v) is 3.12. The molecule has 1 aromatic heterocycles. The number of carbonyl (C=O) groups excluding carboxylic acids is 1. The van der Waals surface area contributed by atoms with Gasteiger partial charge in [-0.3, -0.25) is 9.97 Å². The van der Waals surface area contributed by atoms with Gasteiger partial charge in [0.1, 0.15) is 6.67 Å². The normalized spacial score (nSPS) is 9.23. The Morgan fingerprint density at radius 2 is 1.77 bits per heavy atom. The van der Waals surface area contributed by atoms with Crippen molar-refractivity contribution in [3.63, 3.8) is 0 Å².